The lowest BCUT2D eigenvalue weighted by atomic mass is 9.84. The fraction of sp³-hybridized carbons (Fsp3) is 0.474. The highest BCUT2D eigenvalue weighted by Gasteiger charge is 2.48. The van der Waals surface area contributed by atoms with Crippen LogP contribution in [0.1, 0.15) is 49.9 Å². The molecule has 1 saturated carbocycles. The second kappa shape index (κ2) is 6.21. The Hall–Kier alpha value is -2.18. The van der Waals surface area contributed by atoms with Crippen molar-refractivity contribution in [1.29, 1.82) is 0 Å². The van der Waals surface area contributed by atoms with Gasteiger partial charge in [0, 0.05) is 17.1 Å². The molecule has 0 aliphatic heterocycles. The van der Waals surface area contributed by atoms with Crippen LogP contribution in [0.3, 0.4) is 0 Å². The number of carbonyl (C=O) groups excluding carboxylic acids is 1. The average Bonchev–Trinajstić information content (AvgIpc) is 3.21. The van der Waals surface area contributed by atoms with Crippen molar-refractivity contribution >= 4 is 16.8 Å². The highest BCUT2D eigenvalue weighted by Crippen LogP contribution is 2.52. The summed E-state index contributed by atoms with van der Waals surface area (Å²) in [5.41, 5.74) is -1.35. The molecule has 2 aromatic rings. The van der Waals surface area contributed by atoms with E-state index in [0.717, 1.165) is 12.8 Å². The van der Waals surface area contributed by atoms with Gasteiger partial charge in [-0.25, -0.2) is 4.39 Å². The summed E-state index contributed by atoms with van der Waals surface area (Å²) >= 11 is 0. The first-order valence-electron chi connectivity index (χ1n) is 8.42. The minimum absolute atomic E-state index is 0.109. The van der Waals surface area contributed by atoms with E-state index < -0.39 is 29.9 Å². The number of amides is 1. The van der Waals surface area contributed by atoms with Gasteiger partial charge < -0.3 is 5.32 Å². The number of rotatable bonds is 5. The van der Waals surface area contributed by atoms with Crippen molar-refractivity contribution < 1.29 is 22.4 Å². The van der Waals surface area contributed by atoms with E-state index in [-0.39, 0.29) is 22.9 Å². The number of hydrogen-bond donors (Lipinski definition) is 1. The summed E-state index contributed by atoms with van der Waals surface area (Å²) in [5, 5.41) is 2.97. The van der Waals surface area contributed by atoms with Gasteiger partial charge in [0.2, 0.25) is 0 Å². The summed E-state index contributed by atoms with van der Waals surface area (Å²) in [6, 6.07) is 5.78. The van der Waals surface area contributed by atoms with Crippen LogP contribution in [0.5, 0.6) is 0 Å². The number of halogens is 4. The molecule has 1 fully saturated rings. The summed E-state index contributed by atoms with van der Waals surface area (Å²) in [6.07, 6.45) is -2.34. The molecule has 26 heavy (non-hydrogen) atoms. The molecule has 3 rings (SSSR count). The molecule has 0 saturated heterocycles. The standard InChI is InChI=1S/C19H20F4N2O/c1-17(6-7-17)10-18(2,11-19(21,22)23)25-16(26)13-8-12-4-3-5-14(20)15(12)24-9-13/h3-5,8-9H,6-7,10-11H2,1-2H3,(H,25,26)/t18-/m1/s1. The number of alkyl halides is 3. The van der Waals surface area contributed by atoms with Gasteiger partial charge in [0.1, 0.15) is 11.3 Å². The average molecular weight is 368 g/mol. The predicted octanol–water partition coefficient (Wildman–Crippen LogP) is 5.01. The monoisotopic (exact) mass is 368 g/mol. The van der Waals surface area contributed by atoms with Crippen molar-refractivity contribution in [3.63, 3.8) is 0 Å². The molecule has 1 aliphatic carbocycles. The van der Waals surface area contributed by atoms with E-state index in [1.54, 1.807) is 6.07 Å². The topological polar surface area (TPSA) is 42.0 Å². The smallest absolute Gasteiger partial charge is 0.346 e. The van der Waals surface area contributed by atoms with Crippen LogP contribution in [-0.4, -0.2) is 22.6 Å². The van der Waals surface area contributed by atoms with E-state index in [1.807, 2.05) is 6.92 Å². The summed E-state index contributed by atoms with van der Waals surface area (Å²) in [6.45, 7) is 3.35. The highest BCUT2D eigenvalue weighted by atomic mass is 19.4. The van der Waals surface area contributed by atoms with E-state index in [9.17, 15) is 22.4 Å². The van der Waals surface area contributed by atoms with Crippen LogP contribution in [0.25, 0.3) is 10.9 Å². The van der Waals surface area contributed by atoms with Crippen molar-refractivity contribution in [2.75, 3.05) is 0 Å². The van der Waals surface area contributed by atoms with E-state index in [0.29, 0.717) is 5.39 Å². The number of para-hydroxylation sites is 1. The predicted molar refractivity (Wildman–Crippen MR) is 90.2 cm³/mol. The van der Waals surface area contributed by atoms with Gasteiger partial charge in [-0.2, -0.15) is 13.2 Å². The molecule has 3 nitrogen and oxygen atoms in total. The zero-order valence-corrected chi connectivity index (χ0v) is 14.6. The van der Waals surface area contributed by atoms with Gasteiger partial charge in [0.25, 0.3) is 5.91 Å². The number of aromatic nitrogens is 1. The molecular weight excluding hydrogens is 348 g/mol. The Kier molecular flexibility index (Phi) is 4.45. The van der Waals surface area contributed by atoms with Crippen molar-refractivity contribution in [2.24, 2.45) is 5.41 Å². The summed E-state index contributed by atoms with van der Waals surface area (Å²) in [5.74, 6) is -1.15. The Morgan fingerprint density at radius 1 is 1.31 bits per heavy atom. The molecule has 1 aromatic carbocycles. The highest BCUT2D eigenvalue weighted by molar-refractivity contribution is 5.97. The molecule has 1 amide bonds. The van der Waals surface area contributed by atoms with Crippen molar-refractivity contribution in [3.8, 4) is 0 Å². The number of nitrogens with zero attached hydrogens (tertiary/aromatic N) is 1. The largest absolute Gasteiger partial charge is 0.391 e. The van der Waals surface area contributed by atoms with E-state index in [4.69, 9.17) is 0 Å². The number of carbonyl (C=O) groups is 1. The molecule has 1 heterocycles. The quantitative estimate of drug-likeness (QED) is 0.754. The van der Waals surface area contributed by atoms with Crippen LogP contribution >= 0.6 is 0 Å². The molecule has 1 atom stereocenters. The first kappa shape index (κ1) is 18.6. The minimum atomic E-state index is -4.39. The van der Waals surface area contributed by atoms with Gasteiger partial charge in [-0.05, 0) is 43.7 Å². The lowest BCUT2D eigenvalue weighted by Crippen LogP contribution is -2.50. The van der Waals surface area contributed by atoms with Crippen molar-refractivity contribution in [2.45, 2.75) is 51.2 Å². The zero-order valence-electron chi connectivity index (χ0n) is 14.6. The van der Waals surface area contributed by atoms with Crippen molar-refractivity contribution in [1.82, 2.24) is 10.3 Å². The Labute approximate surface area is 148 Å². The molecule has 7 heteroatoms. The molecule has 140 valence electrons. The molecule has 0 radical (unpaired) electrons. The normalized spacial score (nSPS) is 18.4. The number of benzene rings is 1. The molecular formula is C19H20F4N2O. The Balaban J connectivity index is 1.85. The zero-order chi connectivity index (χ0) is 19.2. The fourth-order valence-electron chi connectivity index (χ4n) is 3.52. The van der Waals surface area contributed by atoms with Crippen LogP contribution in [0.2, 0.25) is 0 Å². The number of hydrogen-bond acceptors (Lipinski definition) is 2. The number of nitrogens with one attached hydrogen (secondary N) is 1. The maximum atomic E-state index is 13.7. The third-order valence-electron chi connectivity index (χ3n) is 4.85. The molecule has 0 bridgehead atoms. The van der Waals surface area contributed by atoms with Crippen LogP contribution in [-0.2, 0) is 0 Å². The second-order valence-corrected chi connectivity index (χ2v) is 7.83. The maximum Gasteiger partial charge on any atom is 0.391 e. The Morgan fingerprint density at radius 2 is 2.00 bits per heavy atom. The maximum absolute atomic E-state index is 13.7. The molecule has 1 aromatic heterocycles. The SMILES string of the molecule is CC1(C[C@](C)(CC(F)(F)F)NC(=O)c2cnc3c(F)cccc3c2)CC1. The van der Waals surface area contributed by atoms with E-state index in [1.165, 1.54) is 31.3 Å². The van der Waals surface area contributed by atoms with Gasteiger partial charge in [0.05, 0.1) is 12.0 Å². The van der Waals surface area contributed by atoms with Crippen LogP contribution in [0.4, 0.5) is 17.6 Å². The molecule has 0 unspecified atom stereocenters. The summed E-state index contributed by atoms with van der Waals surface area (Å²) < 4.78 is 52.8. The lowest BCUT2D eigenvalue weighted by Gasteiger charge is -2.34. The first-order valence-corrected chi connectivity index (χ1v) is 8.42. The van der Waals surface area contributed by atoms with Gasteiger partial charge >= 0.3 is 6.18 Å². The summed E-state index contributed by atoms with van der Waals surface area (Å²) in [7, 11) is 0. The van der Waals surface area contributed by atoms with Crippen LogP contribution in [0.15, 0.2) is 30.5 Å². The molecule has 0 spiro atoms. The molecule has 1 aliphatic rings. The summed E-state index contributed by atoms with van der Waals surface area (Å²) in [4.78, 5) is 16.5. The second-order valence-electron chi connectivity index (χ2n) is 7.83. The Morgan fingerprint density at radius 3 is 2.62 bits per heavy atom. The van der Waals surface area contributed by atoms with Gasteiger partial charge in [-0.1, -0.05) is 19.1 Å². The van der Waals surface area contributed by atoms with Gasteiger partial charge in [-0.3, -0.25) is 9.78 Å². The molecule has 1 N–H and O–H groups in total. The minimum Gasteiger partial charge on any atom is -0.346 e. The van der Waals surface area contributed by atoms with Crippen LogP contribution < -0.4 is 5.32 Å². The fourth-order valence-corrected chi connectivity index (χ4v) is 3.52. The third-order valence-corrected chi connectivity index (χ3v) is 4.85. The van der Waals surface area contributed by atoms with Gasteiger partial charge in [0.15, 0.2) is 0 Å². The van der Waals surface area contributed by atoms with Crippen LogP contribution in [0, 0.1) is 11.2 Å². The van der Waals surface area contributed by atoms with Gasteiger partial charge in [-0.15, -0.1) is 0 Å². The number of pyridine rings is 1. The lowest BCUT2D eigenvalue weighted by molar-refractivity contribution is -0.149. The van der Waals surface area contributed by atoms with E-state index >= 15 is 0 Å². The third kappa shape index (κ3) is 4.31. The van der Waals surface area contributed by atoms with E-state index in [2.05, 4.69) is 10.3 Å². The first-order chi connectivity index (χ1) is 12.0. The number of fused-ring (bicyclic) bond motifs is 1. The Bertz CT molecular complexity index is 836. The van der Waals surface area contributed by atoms with Crippen molar-refractivity contribution in [3.05, 3.63) is 41.8 Å².